The van der Waals surface area contributed by atoms with Crippen LogP contribution in [-0.2, 0) is 0 Å². The van der Waals surface area contributed by atoms with Crippen molar-refractivity contribution in [2.24, 2.45) is 10.3 Å². The predicted molar refractivity (Wildman–Crippen MR) is 59.7 cm³/mol. The highest BCUT2D eigenvalue weighted by Gasteiger charge is 2.03. The van der Waals surface area contributed by atoms with Gasteiger partial charge in [-0.1, -0.05) is 5.16 Å². The summed E-state index contributed by atoms with van der Waals surface area (Å²) < 4.78 is 0. The van der Waals surface area contributed by atoms with E-state index in [1.165, 1.54) is 12.4 Å². The van der Waals surface area contributed by atoms with Crippen LogP contribution in [0.4, 0.5) is 0 Å². The number of rotatable bonds is 3. The number of amides is 1. The average Bonchev–Trinajstić information content (AvgIpc) is 2.35. The molecule has 0 atom stereocenters. The fourth-order valence-corrected chi connectivity index (χ4v) is 0.856. The molecule has 6 nitrogen and oxygen atoms in total. The van der Waals surface area contributed by atoms with Crippen LogP contribution in [0.5, 0.6) is 0 Å². The van der Waals surface area contributed by atoms with Crippen molar-refractivity contribution in [3.05, 3.63) is 30.1 Å². The number of nitrogens with zero attached hydrogens (tertiary/aromatic N) is 3. The summed E-state index contributed by atoms with van der Waals surface area (Å²) in [6, 6.07) is 3.15. The van der Waals surface area contributed by atoms with E-state index in [0.717, 1.165) is 0 Å². The van der Waals surface area contributed by atoms with Gasteiger partial charge in [0.1, 0.15) is 0 Å². The maximum Gasteiger partial charge on any atom is 0.271 e. The first kappa shape index (κ1) is 11.8. The molecule has 0 saturated heterocycles. The van der Waals surface area contributed by atoms with Crippen molar-refractivity contribution in [3.63, 3.8) is 0 Å². The Hall–Kier alpha value is -2.24. The first-order chi connectivity index (χ1) is 7.65. The number of nitrogens with one attached hydrogen (secondary N) is 1. The zero-order valence-corrected chi connectivity index (χ0v) is 9.01. The van der Waals surface area contributed by atoms with E-state index >= 15 is 0 Å². The number of hydrogen-bond donors (Lipinski definition) is 2. The monoisotopic (exact) mass is 220 g/mol. The van der Waals surface area contributed by atoms with E-state index in [0.29, 0.717) is 17.0 Å². The summed E-state index contributed by atoms with van der Waals surface area (Å²) in [7, 11) is 0. The minimum Gasteiger partial charge on any atom is -0.411 e. The number of hydrazone groups is 1. The SMILES string of the molecule is CC(=N/NC(=O)c1ccncc1)/C(C)=N/O. The normalized spacial score (nSPS) is 12.4. The number of aromatic nitrogens is 1. The Balaban J connectivity index is 2.67. The molecule has 1 rings (SSSR count). The van der Waals surface area contributed by atoms with Crippen molar-refractivity contribution in [2.45, 2.75) is 13.8 Å². The van der Waals surface area contributed by atoms with Crippen molar-refractivity contribution in [2.75, 3.05) is 0 Å². The van der Waals surface area contributed by atoms with Crippen LogP contribution < -0.4 is 5.43 Å². The molecule has 2 N–H and O–H groups in total. The lowest BCUT2D eigenvalue weighted by Gasteiger charge is -2.00. The van der Waals surface area contributed by atoms with E-state index < -0.39 is 0 Å². The number of carbonyl (C=O) groups excluding carboxylic acids is 1. The van der Waals surface area contributed by atoms with Gasteiger partial charge in [-0.25, -0.2) is 5.43 Å². The molecule has 0 aliphatic carbocycles. The van der Waals surface area contributed by atoms with Gasteiger partial charge in [-0.3, -0.25) is 9.78 Å². The summed E-state index contributed by atoms with van der Waals surface area (Å²) >= 11 is 0. The molecule has 0 saturated carbocycles. The lowest BCUT2D eigenvalue weighted by molar-refractivity contribution is 0.0955. The van der Waals surface area contributed by atoms with E-state index in [1.54, 1.807) is 26.0 Å². The molecule has 84 valence electrons. The van der Waals surface area contributed by atoms with Gasteiger partial charge in [0.25, 0.3) is 5.91 Å². The predicted octanol–water partition coefficient (Wildman–Crippen LogP) is 1.04. The number of carbonyl (C=O) groups is 1. The van der Waals surface area contributed by atoms with Gasteiger partial charge >= 0.3 is 0 Å². The average molecular weight is 220 g/mol. The third-order valence-corrected chi connectivity index (χ3v) is 1.94. The van der Waals surface area contributed by atoms with Crippen LogP contribution in [0.15, 0.2) is 34.8 Å². The molecule has 0 spiro atoms. The molecule has 0 radical (unpaired) electrons. The van der Waals surface area contributed by atoms with Gasteiger partial charge in [-0.2, -0.15) is 5.10 Å². The molecule has 0 unspecified atom stereocenters. The van der Waals surface area contributed by atoms with Crippen LogP contribution in [0.2, 0.25) is 0 Å². The first-order valence-corrected chi connectivity index (χ1v) is 4.59. The maximum atomic E-state index is 11.5. The highest BCUT2D eigenvalue weighted by molar-refractivity contribution is 6.40. The molecular weight excluding hydrogens is 208 g/mol. The standard InChI is InChI=1S/C10H12N4O2/c1-7(8(2)14-16)12-13-10(15)9-3-5-11-6-4-9/h3-6,16H,1-2H3,(H,13,15)/b12-7-,14-8+. The van der Waals surface area contributed by atoms with Crippen LogP contribution in [0.25, 0.3) is 0 Å². The van der Waals surface area contributed by atoms with Crippen LogP contribution in [0.1, 0.15) is 24.2 Å². The smallest absolute Gasteiger partial charge is 0.271 e. The molecular formula is C10H12N4O2. The number of oxime groups is 1. The third-order valence-electron chi connectivity index (χ3n) is 1.94. The van der Waals surface area contributed by atoms with Gasteiger partial charge in [0.15, 0.2) is 0 Å². The highest BCUT2D eigenvalue weighted by atomic mass is 16.4. The van der Waals surface area contributed by atoms with Gasteiger partial charge in [-0.05, 0) is 26.0 Å². The molecule has 1 aromatic heterocycles. The lowest BCUT2D eigenvalue weighted by atomic mass is 10.2. The second-order valence-corrected chi connectivity index (χ2v) is 3.06. The van der Waals surface area contributed by atoms with Gasteiger partial charge in [-0.15, -0.1) is 0 Å². The van der Waals surface area contributed by atoms with Gasteiger partial charge in [0, 0.05) is 18.0 Å². The fourth-order valence-electron chi connectivity index (χ4n) is 0.856. The molecule has 0 fully saturated rings. The van der Waals surface area contributed by atoms with Crippen molar-refractivity contribution in [3.8, 4) is 0 Å². The molecule has 1 heterocycles. The summed E-state index contributed by atoms with van der Waals surface area (Å²) in [5.74, 6) is -0.340. The maximum absolute atomic E-state index is 11.5. The summed E-state index contributed by atoms with van der Waals surface area (Å²) in [6.45, 7) is 3.21. The fraction of sp³-hybridized carbons (Fsp3) is 0.200. The topological polar surface area (TPSA) is 86.9 Å². The Labute approximate surface area is 92.7 Å². The third kappa shape index (κ3) is 3.16. The Bertz CT molecular complexity index is 426. The highest BCUT2D eigenvalue weighted by Crippen LogP contribution is 1.95. The van der Waals surface area contributed by atoms with Crippen molar-refractivity contribution in [1.82, 2.24) is 10.4 Å². The Morgan fingerprint density at radius 2 is 1.94 bits per heavy atom. The zero-order valence-electron chi connectivity index (χ0n) is 9.01. The Kier molecular flexibility index (Phi) is 4.14. The number of hydrogen-bond acceptors (Lipinski definition) is 5. The molecule has 0 aliphatic heterocycles. The zero-order chi connectivity index (χ0) is 12.0. The van der Waals surface area contributed by atoms with Gasteiger partial charge < -0.3 is 5.21 Å². The summed E-state index contributed by atoms with van der Waals surface area (Å²) in [5, 5.41) is 15.2. The van der Waals surface area contributed by atoms with E-state index in [1.807, 2.05) is 0 Å². The van der Waals surface area contributed by atoms with Gasteiger partial charge in [0.05, 0.1) is 11.4 Å². The van der Waals surface area contributed by atoms with E-state index in [-0.39, 0.29) is 5.91 Å². The molecule has 16 heavy (non-hydrogen) atoms. The number of pyridine rings is 1. The van der Waals surface area contributed by atoms with E-state index in [9.17, 15) is 4.79 Å². The molecule has 0 bridgehead atoms. The quantitative estimate of drug-likeness (QED) is 0.453. The summed E-state index contributed by atoms with van der Waals surface area (Å²) in [5.41, 5.74) is 3.58. The minimum atomic E-state index is -0.340. The lowest BCUT2D eigenvalue weighted by Crippen LogP contribution is -2.21. The largest absolute Gasteiger partial charge is 0.411 e. The van der Waals surface area contributed by atoms with Crippen LogP contribution in [-0.4, -0.2) is 27.5 Å². The molecule has 1 aromatic rings. The summed E-state index contributed by atoms with van der Waals surface area (Å²) in [4.78, 5) is 15.3. The first-order valence-electron chi connectivity index (χ1n) is 4.59. The van der Waals surface area contributed by atoms with E-state index in [4.69, 9.17) is 5.21 Å². The molecule has 6 heteroatoms. The van der Waals surface area contributed by atoms with Crippen molar-refractivity contribution >= 4 is 17.3 Å². The van der Waals surface area contributed by atoms with E-state index in [2.05, 4.69) is 20.7 Å². The molecule has 1 amide bonds. The van der Waals surface area contributed by atoms with Crippen LogP contribution in [0, 0.1) is 0 Å². The second-order valence-electron chi connectivity index (χ2n) is 3.06. The van der Waals surface area contributed by atoms with Crippen molar-refractivity contribution < 1.29 is 10.0 Å². The second kappa shape index (κ2) is 5.59. The van der Waals surface area contributed by atoms with Crippen LogP contribution in [0.3, 0.4) is 0 Å². The molecule has 0 aliphatic rings. The van der Waals surface area contributed by atoms with Gasteiger partial charge in [0.2, 0.25) is 0 Å². The minimum absolute atomic E-state index is 0.340. The van der Waals surface area contributed by atoms with Crippen LogP contribution >= 0.6 is 0 Å². The van der Waals surface area contributed by atoms with Crippen molar-refractivity contribution in [1.29, 1.82) is 0 Å². The summed E-state index contributed by atoms with van der Waals surface area (Å²) in [6.07, 6.45) is 3.04. The molecule has 0 aromatic carbocycles. The Morgan fingerprint density at radius 3 is 2.50 bits per heavy atom. The Morgan fingerprint density at radius 1 is 1.31 bits per heavy atom.